The highest BCUT2D eigenvalue weighted by Crippen LogP contribution is 2.27. The largest absolute Gasteiger partial charge is 0.454 e. The molecule has 120 valence electrons. The van der Waals surface area contributed by atoms with Crippen LogP contribution in [-0.4, -0.2) is 20.7 Å². The van der Waals surface area contributed by atoms with Crippen LogP contribution in [0, 0.1) is 5.92 Å². The van der Waals surface area contributed by atoms with Crippen LogP contribution in [-0.2, 0) is 0 Å². The highest BCUT2D eigenvalue weighted by Gasteiger charge is 2.18. The summed E-state index contributed by atoms with van der Waals surface area (Å²) in [6.45, 7) is 0. The molecule has 0 bridgehead atoms. The molecule has 5 heteroatoms. The number of hydrogen-bond donors (Lipinski definition) is 0. The van der Waals surface area contributed by atoms with Crippen molar-refractivity contribution >= 4 is 5.78 Å². The van der Waals surface area contributed by atoms with Gasteiger partial charge in [0.1, 0.15) is 17.8 Å². The molecule has 1 fully saturated rings. The molecule has 0 unspecified atom stereocenters. The van der Waals surface area contributed by atoms with E-state index < -0.39 is 0 Å². The molecule has 0 N–H and O–H groups in total. The first-order valence-corrected chi connectivity index (χ1v) is 8.23. The van der Waals surface area contributed by atoms with Crippen molar-refractivity contribution in [2.45, 2.75) is 44.9 Å². The second-order valence-corrected chi connectivity index (χ2v) is 6.04. The summed E-state index contributed by atoms with van der Waals surface area (Å²) in [5, 5.41) is 0. The fourth-order valence-corrected chi connectivity index (χ4v) is 3.04. The predicted molar refractivity (Wildman–Crippen MR) is 86.5 cm³/mol. The van der Waals surface area contributed by atoms with Gasteiger partial charge in [0.05, 0.1) is 12.4 Å². The Labute approximate surface area is 136 Å². The number of nitrogens with zero attached hydrogens (tertiary/aromatic N) is 3. The molecule has 5 nitrogen and oxygen atoms in total. The third kappa shape index (κ3) is 4.58. The zero-order valence-electron chi connectivity index (χ0n) is 13.1. The predicted octanol–water partition coefficient (Wildman–Crippen LogP) is 4.21. The van der Waals surface area contributed by atoms with Crippen molar-refractivity contribution in [3.63, 3.8) is 0 Å². The van der Waals surface area contributed by atoms with Crippen LogP contribution in [0.1, 0.15) is 55.4 Å². The van der Waals surface area contributed by atoms with Gasteiger partial charge in [0.15, 0.2) is 11.5 Å². The highest BCUT2D eigenvalue weighted by atomic mass is 16.5. The average Bonchev–Trinajstić information content (AvgIpc) is 2.85. The van der Waals surface area contributed by atoms with Crippen LogP contribution >= 0.6 is 0 Å². The van der Waals surface area contributed by atoms with Gasteiger partial charge >= 0.3 is 0 Å². The number of ketones is 1. The molecule has 2 aromatic rings. The van der Waals surface area contributed by atoms with E-state index in [0.717, 1.165) is 12.8 Å². The van der Waals surface area contributed by atoms with Crippen molar-refractivity contribution in [1.82, 2.24) is 15.0 Å². The lowest BCUT2D eigenvalue weighted by Crippen LogP contribution is -2.10. The zero-order chi connectivity index (χ0) is 15.9. The molecule has 1 saturated carbocycles. The lowest BCUT2D eigenvalue weighted by molar-refractivity contribution is 0.0951. The lowest BCUT2D eigenvalue weighted by atomic mass is 9.93. The molecular formula is C18H21N3O2. The molecule has 0 radical (unpaired) electrons. The third-order valence-corrected chi connectivity index (χ3v) is 4.24. The number of carbonyl (C=O) groups is 1. The molecule has 1 aliphatic carbocycles. The van der Waals surface area contributed by atoms with Gasteiger partial charge in [-0.25, -0.2) is 9.97 Å². The molecule has 0 amide bonds. The quantitative estimate of drug-likeness (QED) is 0.611. The topological polar surface area (TPSA) is 65.0 Å². The van der Waals surface area contributed by atoms with Gasteiger partial charge in [-0.15, -0.1) is 0 Å². The molecule has 2 heterocycles. The summed E-state index contributed by atoms with van der Waals surface area (Å²) in [5.41, 5.74) is 0.476. The Balaban J connectivity index is 1.65. The standard InChI is InChI=1S/C18H21N3O2/c22-18(9-14-5-3-1-2-4-6-14)17-10-15(7-8-21-17)23-16-11-19-13-20-12-16/h7-8,10-14H,1-6,9H2. The minimum atomic E-state index is 0.103. The van der Waals surface area contributed by atoms with E-state index in [9.17, 15) is 4.79 Å². The van der Waals surface area contributed by atoms with E-state index in [0.29, 0.717) is 29.5 Å². The Kier molecular flexibility index (Phi) is 5.29. The molecule has 0 aliphatic heterocycles. The summed E-state index contributed by atoms with van der Waals surface area (Å²) < 4.78 is 5.66. The maximum absolute atomic E-state index is 12.5. The summed E-state index contributed by atoms with van der Waals surface area (Å²) in [6.07, 6.45) is 14.2. The normalized spacial score (nSPS) is 15.8. The monoisotopic (exact) mass is 311 g/mol. The number of aromatic nitrogens is 3. The number of pyridine rings is 1. The molecule has 3 rings (SSSR count). The van der Waals surface area contributed by atoms with E-state index in [4.69, 9.17) is 4.74 Å². The number of carbonyl (C=O) groups excluding carboxylic acids is 1. The smallest absolute Gasteiger partial charge is 0.181 e. The Morgan fingerprint density at radius 3 is 2.57 bits per heavy atom. The van der Waals surface area contributed by atoms with Crippen molar-refractivity contribution in [1.29, 1.82) is 0 Å². The molecule has 1 aliphatic rings. The molecule has 0 aromatic carbocycles. The van der Waals surface area contributed by atoms with Crippen LogP contribution < -0.4 is 4.74 Å². The van der Waals surface area contributed by atoms with Crippen LogP contribution in [0.15, 0.2) is 37.1 Å². The second-order valence-electron chi connectivity index (χ2n) is 6.04. The fourth-order valence-electron chi connectivity index (χ4n) is 3.04. The van der Waals surface area contributed by atoms with Crippen molar-refractivity contribution < 1.29 is 9.53 Å². The summed E-state index contributed by atoms with van der Waals surface area (Å²) in [5.74, 6) is 1.73. The number of rotatable bonds is 5. The van der Waals surface area contributed by atoms with Crippen molar-refractivity contribution in [3.8, 4) is 11.5 Å². The van der Waals surface area contributed by atoms with Gasteiger partial charge in [-0.2, -0.15) is 0 Å². The van der Waals surface area contributed by atoms with Crippen LogP contribution in [0.3, 0.4) is 0 Å². The summed E-state index contributed by atoms with van der Waals surface area (Å²) in [7, 11) is 0. The van der Waals surface area contributed by atoms with Crippen LogP contribution in [0.5, 0.6) is 11.5 Å². The van der Waals surface area contributed by atoms with Gasteiger partial charge in [-0.3, -0.25) is 9.78 Å². The molecule has 0 spiro atoms. The minimum absolute atomic E-state index is 0.103. The van der Waals surface area contributed by atoms with E-state index in [1.165, 1.54) is 32.0 Å². The van der Waals surface area contributed by atoms with Gasteiger partial charge in [-0.05, 0) is 12.0 Å². The van der Waals surface area contributed by atoms with Gasteiger partial charge in [0, 0.05) is 18.7 Å². The van der Waals surface area contributed by atoms with E-state index in [-0.39, 0.29) is 5.78 Å². The van der Waals surface area contributed by atoms with Crippen LogP contribution in [0.2, 0.25) is 0 Å². The van der Waals surface area contributed by atoms with Gasteiger partial charge in [-0.1, -0.05) is 38.5 Å². The number of hydrogen-bond acceptors (Lipinski definition) is 5. The minimum Gasteiger partial charge on any atom is -0.454 e. The molecule has 23 heavy (non-hydrogen) atoms. The Bertz CT molecular complexity index is 638. The number of ether oxygens (including phenoxy) is 1. The first-order valence-electron chi connectivity index (χ1n) is 8.23. The van der Waals surface area contributed by atoms with E-state index >= 15 is 0 Å². The Morgan fingerprint density at radius 2 is 1.83 bits per heavy atom. The van der Waals surface area contributed by atoms with Gasteiger partial charge < -0.3 is 4.74 Å². The molecular weight excluding hydrogens is 290 g/mol. The van der Waals surface area contributed by atoms with E-state index in [1.54, 1.807) is 30.7 Å². The van der Waals surface area contributed by atoms with E-state index in [1.807, 2.05) is 0 Å². The third-order valence-electron chi connectivity index (χ3n) is 4.24. The van der Waals surface area contributed by atoms with Gasteiger partial charge in [0.25, 0.3) is 0 Å². The molecule has 2 aromatic heterocycles. The van der Waals surface area contributed by atoms with Crippen LogP contribution in [0.25, 0.3) is 0 Å². The average molecular weight is 311 g/mol. The SMILES string of the molecule is O=C(CC1CCCCCC1)c1cc(Oc2cncnc2)ccn1. The van der Waals surface area contributed by atoms with Crippen molar-refractivity contribution in [2.75, 3.05) is 0 Å². The second kappa shape index (κ2) is 7.81. The zero-order valence-corrected chi connectivity index (χ0v) is 13.1. The maximum Gasteiger partial charge on any atom is 0.181 e. The maximum atomic E-state index is 12.5. The summed E-state index contributed by atoms with van der Waals surface area (Å²) in [4.78, 5) is 24.5. The fraction of sp³-hybridized carbons (Fsp3) is 0.444. The summed E-state index contributed by atoms with van der Waals surface area (Å²) in [6, 6.07) is 3.43. The highest BCUT2D eigenvalue weighted by molar-refractivity contribution is 5.94. The summed E-state index contributed by atoms with van der Waals surface area (Å²) >= 11 is 0. The lowest BCUT2D eigenvalue weighted by Gasteiger charge is -2.12. The molecule has 0 atom stereocenters. The Morgan fingerprint density at radius 1 is 1.09 bits per heavy atom. The van der Waals surface area contributed by atoms with Crippen molar-refractivity contribution in [2.24, 2.45) is 5.92 Å². The first-order chi connectivity index (χ1) is 11.3. The molecule has 0 saturated heterocycles. The number of Topliss-reactive ketones (excluding diaryl/α,β-unsaturated/α-hetero) is 1. The van der Waals surface area contributed by atoms with Crippen LogP contribution in [0.4, 0.5) is 0 Å². The van der Waals surface area contributed by atoms with Crippen molar-refractivity contribution in [3.05, 3.63) is 42.7 Å². The van der Waals surface area contributed by atoms with Gasteiger partial charge in [0.2, 0.25) is 0 Å². The first kappa shape index (κ1) is 15.6. The van der Waals surface area contributed by atoms with E-state index in [2.05, 4.69) is 15.0 Å². The Hall–Kier alpha value is -2.30.